The van der Waals surface area contributed by atoms with Crippen molar-refractivity contribution < 1.29 is 4.39 Å². The smallest absolute Gasteiger partial charge is 0.123 e. The Morgan fingerprint density at radius 2 is 1.96 bits per heavy atom. The molecule has 0 bridgehead atoms. The summed E-state index contributed by atoms with van der Waals surface area (Å²) in [5.41, 5.74) is 3.73. The molecule has 3 nitrogen and oxygen atoms in total. The monoisotopic (exact) mass is 339 g/mol. The molecular formula is C21H26FN3. The number of nitrogens with zero attached hydrogens (tertiary/aromatic N) is 3. The van der Waals surface area contributed by atoms with Gasteiger partial charge in [0.25, 0.3) is 0 Å². The first-order chi connectivity index (χ1) is 12.0. The summed E-state index contributed by atoms with van der Waals surface area (Å²) in [6, 6.07) is 11.8. The molecule has 1 aromatic carbocycles. The van der Waals surface area contributed by atoms with Crippen molar-refractivity contribution in [2.75, 3.05) is 24.5 Å². The number of aromatic nitrogens is 1. The maximum absolute atomic E-state index is 13.4. The number of hydrogen-bond acceptors (Lipinski definition) is 3. The molecule has 0 spiro atoms. The minimum atomic E-state index is -0.143. The molecule has 0 radical (unpaired) electrons. The Morgan fingerprint density at radius 1 is 1.16 bits per heavy atom. The lowest BCUT2D eigenvalue weighted by molar-refractivity contribution is 0.200. The van der Waals surface area contributed by atoms with Crippen LogP contribution in [0.4, 0.5) is 10.1 Å². The summed E-state index contributed by atoms with van der Waals surface area (Å²) in [4.78, 5) is 9.66. The van der Waals surface area contributed by atoms with E-state index in [0.717, 1.165) is 44.6 Å². The van der Waals surface area contributed by atoms with Crippen molar-refractivity contribution in [3.05, 3.63) is 59.7 Å². The van der Waals surface area contributed by atoms with Gasteiger partial charge in [0.05, 0.1) is 11.4 Å². The van der Waals surface area contributed by atoms with Crippen molar-refractivity contribution in [2.24, 2.45) is 0 Å². The third kappa shape index (κ3) is 3.28. The molecule has 4 rings (SSSR count). The molecule has 0 unspecified atom stereocenters. The predicted octanol–water partition coefficient (Wildman–Crippen LogP) is 3.98. The van der Waals surface area contributed by atoms with E-state index in [9.17, 15) is 4.39 Å². The molecule has 0 aliphatic carbocycles. The zero-order valence-electron chi connectivity index (χ0n) is 15.1. The second-order valence-corrected chi connectivity index (χ2v) is 8.02. The van der Waals surface area contributed by atoms with E-state index >= 15 is 0 Å². The SMILES string of the molecule is CC1(C)CN(C2CCN(Cc3cccc(F)c3)CC2)c2cccnc21. The Morgan fingerprint density at radius 3 is 2.72 bits per heavy atom. The highest BCUT2D eigenvalue weighted by atomic mass is 19.1. The van der Waals surface area contributed by atoms with Crippen molar-refractivity contribution in [1.29, 1.82) is 0 Å². The van der Waals surface area contributed by atoms with Gasteiger partial charge in [0.1, 0.15) is 5.82 Å². The number of fused-ring (bicyclic) bond motifs is 1. The van der Waals surface area contributed by atoms with Crippen LogP contribution in [0.25, 0.3) is 0 Å². The van der Waals surface area contributed by atoms with Gasteiger partial charge in [0.2, 0.25) is 0 Å². The van der Waals surface area contributed by atoms with E-state index in [4.69, 9.17) is 0 Å². The van der Waals surface area contributed by atoms with Crippen LogP contribution in [0.3, 0.4) is 0 Å². The lowest BCUT2D eigenvalue weighted by atomic mass is 9.91. The predicted molar refractivity (Wildman–Crippen MR) is 99.3 cm³/mol. The summed E-state index contributed by atoms with van der Waals surface area (Å²) < 4.78 is 13.4. The molecule has 1 aromatic heterocycles. The fraction of sp³-hybridized carbons (Fsp3) is 0.476. The van der Waals surface area contributed by atoms with E-state index < -0.39 is 0 Å². The fourth-order valence-electron chi connectivity index (χ4n) is 4.34. The lowest BCUT2D eigenvalue weighted by Crippen LogP contribution is -2.45. The first-order valence-corrected chi connectivity index (χ1v) is 9.22. The topological polar surface area (TPSA) is 19.4 Å². The largest absolute Gasteiger partial charge is 0.366 e. The van der Waals surface area contributed by atoms with Crippen molar-refractivity contribution in [3.8, 4) is 0 Å². The van der Waals surface area contributed by atoms with Crippen LogP contribution >= 0.6 is 0 Å². The number of likely N-dealkylation sites (tertiary alicyclic amines) is 1. The molecule has 1 saturated heterocycles. The van der Waals surface area contributed by atoms with Crippen LogP contribution in [-0.4, -0.2) is 35.6 Å². The van der Waals surface area contributed by atoms with E-state index in [0.29, 0.717) is 6.04 Å². The quantitative estimate of drug-likeness (QED) is 0.843. The lowest BCUT2D eigenvalue weighted by Gasteiger charge is -2.38. The number of pyridine rings is 1. The third-order valence-electron chi connectivity index (χ3n) is 5.60. The highest BCUT2D eigenvalue weighted by Crippen LogP contribution is 2.41. The van der Waals surface area contributed by atoms with Crippen LogP contribution in [0.2, 0.25) is 0 Å². The molecule has 0 N–H and O–H groups in total. The van der Waals surface area contributed by atoms with Crippen molar-refractivity contribution >= 4 is 5.69 Å². The molecule has 3 heterocycles. The first kappa shape index (κ1) is 16.5. The Hall–Kier alpha value is -1.94. The highest BCUT2D eigenvalue weighted by molar-refractivity contribution is 5.59. The first-order valence-electron chi connectivity index (χ1n) is 9.22. The van der Waals surface area contributed by atoms with Crippen LogP contribution in [0, 0.1) is 5.82 Å². The number of piperidine rings is 1. The van der Waals surface area contributed by atoms with Crippen molar-refractivity contribution in [3.63, 3.8) is 0 Å². The van der Waals surface area contributed by atoms with E-state index in [1.165, 1.54) is 17.4 Å². The summed E-state index contributed by atoms with van der Waals surface area (Å²) in [5.74, 6) is -0.143. The number of halogens is 1. The van der Waals surface area contributed by atoms with Crippen LogP contribution < -0.4 is 4.90 Å². The van der Waals surface area contributed by atoms with Gasteiger partial charge in [-0.25, -0.2) is 4.39 Å². The van der Waals surface area contributed by atoms with Gasteiger partial charge in [-0.1, -0.05) is 26.0 Å². The molecule has 0 amide bonds. The maximum atomic E-state index is 13.4. The minimum absolute atomic E-state index is 0.120. The molecule has 0 atom stereocenters. The highest BCUT2D eigenvalue weighted by Gasteiger charge is 2.39. The summed E-state index contributed by atoms with van der Waals surface area (Å²) >= 11 is 0. The molecule has 2 aliphatic heterocycles. The van der Waals surface area contributed by atoms with E-state index in [2.05, 4.69) is 34.7 Å². The Bertz CT molecular complexity index is 750. The van der Waals surface area contributed by atoms with Crippen LogP contribution in [-0.2, 0) is 12.0 Å². The van der Waals surface area contributed by atoms with Gasteiger partial charge >= 0.3 is 0 Å². The van der Waals surface area contributed by atoms with Crippen LogP contribution in [0.5, 0.6) is 0 Å². The minimum Gasteiger partial charge on any atom is -0.366 e. The number of hydrogen-bond donors (Lipinski definition) is 0. The second kappa shape index (κ2) is 6.41. The zero-order valence-corrected chi connectivity index (χ0v) is 15.1. The van der Waals surface area contributed by atoms with Crippen molar-refractivity contribution in [1.82, 2.24) is 9.88 Å². The molecule has 0 saturated carbocycles. The normalized spacial score (nSPS) is 20.7. The number of anilines is 1. The fourth-order valence-corrected chi connectivity index (χ4v) is 4.34. The number of rotatable bonds is 3. The second-order valence-electron chi connectivity index (χ2n) is 8.02. The van der Waals surface area contributed by atoms with Gasteiger partial charge in [0.15, 0.2) is 0 Å². The Balaban J connectivity index is 1.41. The van der Waals surface area contributed by atoms with Crippen LogP contribution in [0.1, 0.15) is 37.9 Å². The summed E-state index contributed by atoms with van der Waals surface area (Å²) in [6.07, 6.45) is 4.21. The standard InChI is InChI=1S/C21H26FN3/c1-21(2)15-25(19-7-4-10-23-20(19)21)18-8-11-24(12-9-18)14-16-5-3-6-17(22)13-16/h3-7,10,13,18H,8-9,11-12,14-15H2,1-2H3. The molecule has 1 fully saturated rings. The molecule has 25 heavy (non-hydrogen) atoms. The molecule has 4 heteroatoms. The van der Waals surface area contributed by atoms with Gasteiger partial charge in [-0.05, 0) is 42.7 Å². The van der Waals surface area contributed by atoms with Gasteiger partial charge in [0, 0.05) is 43.8 Å². The molecule has 132 valence electrons. The average molecular weight is 339 g/mol. The third-order valence-corrected chi connectivity index (χ3v) is 5.60. The summed E-state index contributed by atoms with van der Waals surface area (Å²) in [7, 11) is 0. The van der Waals surface area contributed by atoms with Crippen molar-refractivity contribution in [2.45, 2.75) is 44.7 Å². The van der Waals surface area contributed by atoms with Gasteiger partial charge < -0.3 is 4.90 Å². The van der Waals surface area contributed by atoms with Gasteiger partial charge in [-0.2, -0.15) is 0 Å². The maximum Gasteiger partial charge on any atom is 0.123 e. The van der Waals surface area contributed by atoms with E-state index in [1.54, 1.807) is 12.1 Å². The Kier molecular flexibility index (Phi) is 4.24. The molecule has 2 aliphatic rings. The van der Waals surface area contributed by atoms with Gasteiger partial charge in [-0.15, -0.1) is 0 Å². The van der Waals surface area contributed by atoms with Crippen LogP contribution in [0.15, 0.2) is 42.6 Å². The van der Waals surface area contributed by atoms with E-state index in [1.807, 2.05) is 18.3 Å². The number of benzene rings is 1. The summed E-state index contributed by atoms with van der Waals surface area (Å²) in [6.45, 7) is 8.60. The summed E-state index contributed by atoms with van der Waals surface area (Å²) in [5, 5.41) is 0. The van der Waals surface area contributed by atoms with Gasteiger partial charge in [-0.3, -0.25) is 9.88 Å². The average Bonchev–Trinajstić information content (AvgIpc) is 2.88. The molecule has 2 aromatic rings. The zero-order chi connectivity index (χ0) is 17.4. The Labute approximate surface area is 149 Å². The molecular weight excluding hydrogens is 313 g/mol. The van der Waals surface area contributed by atoms with E-state index in [-0.39, 0.29) is 11.2 Å².